The summed E-state index contributed by atoms with van der Waals surface area (Å²) in [5.41, 5.74) is 0.830. The first-order valence-corrected chi connectivity index (χ1v) is 7.56. The molecule has 0 aliphatic heterocycles. The van der Waals surface area contributed by atoms with E-state index in [0.29, 0.717) is 40.6 Å². The van der Waals surface area contributed by atoms with Crippen LogP contribution in [0.4, 0.5) is 14.5 Å². The molecule has 0 bridgehead atoms. The largest absolute Gasteiger partial charge is 0.495 e. The van der Waals surface area contributed by atoms with Gasteiger partial charge in [0.1, 0.15) is 17.3 Å². The molecule has 0 unspecified atom stereocenters. The summed E-state index contributed by atoms with van der Waals surface area (Å²) < 4.78 is 34.8. The van der Waals surface area contributed by atoms with Gasteiger partial charge in [0.05, 0.1) is 24.4 Å². The topological polar surface area (TPSA) is 34.4 Å². The van der Waals surface area contributed by atoms with E-state index in [-0.39, 0.29) is 5.75 Å². The highest BCUT2D eigenvalue weighted by atomic mass is 35.5. The van der Waals surface area contributed by atoms with E-state index in [1.807, 2.05) is 6.07 Å². The minimum atomic E-state index is -2.39. The van der Waals surface area contributed by atoms with Gasteiger partial charge in [-0.2, -0.15) is 8.78 Å². The predicted octanol–water partition coefficient (Wildman–Crippen LogP) is 5.01. The molecule has 1 heterocycles. The maximum Gasteiger partial charge on any atom is 0.284 e. The Morgan fingerprint density at radius 3 is 2.76 bits per heavy atom. The molecule has 0 radical (unpaired) electrons. The van der Waals surface area contributed by atoms with E-state index in [9.17, 15) is 8.78 Å². The molecule has 2 aromatic rings. The number of hydrogen-bond donors (Lipinski definition) is 1. The molecule has 2 rings (SSSR count). The van der Waals surface area contributed by atoms with Gasteiger partial charge >= 0.3 is 0 Å². The second-order valence-corrected chi connectivity index (χ2v) is 5.53. The molecular weight excluding hydrogens is 320 g/mol. The molecule has 0 saturated carbocycles. The molecule has 0 atom stereocenters. The zero-order valence-corrected chi connectivity index (χ0v) is 12.8. The van der Waals surface area contributed by atoms with Crippen molar-refractivity contribution < 1.29 is 17.9 Å². The van der Waals surface area contributed by atoms with Crippen LogP contribution in [-0.2, 0) is 12.3 Å². The van der Waals surface area contributed by atoms with Crippen molar-refractivity contribution in [3.05, 3.63) is 46.9 Å². The van der Waals surface area contributed by atoms with Crippen molar-refractivity contribution in [2.75, 3.05) is 12.4 Å². The first-order valence-electron chi connectivity index (χ1n) is 6.13. The second-order valence-electron chi connectivity index (χ2n) is 4.14. The lowest BCUT2D eigenvalue weighted by atomic mass is 10.3. The van der Waals surface area contributed by atoms with Gasteiger partial charge in [-0.1, -0.05) is 23.4 Å². The molecule has 21 heavy (non-hydrogen) atoms. The number of halogens is 3. The van der Waals surface area contributed by atoms with Crippen molar-refractivity contribution in [2.45, 2.75) is 18.1 Å². The number of thioether (sulfide) groups is 1. The van der Waals surface area contributed by atoms with Crippen LogP contribution in [0.5, 0.6) is 5.75 Å². The van der Waals surface area contributed by atoms with E-state index in [1.54, 1.807) is 31.4 Å². The SMILES string of the molecule is COc1cc(NCc2ccc(CSC(F)F)o2)ccc1Cl. The Hall–Kier alpha value is -1.40. The first kappa shape index (κ1) is 16.0. The van der Waals surface area contributed by atoms with E-state index in [4.69, 9.17) is 20.8 Å². The van der Waals surface area contributed by atoms with E-state index in [1.165, 1.54) is 0 Å². The van der Waals surface area contributed by atoms with E-state index in [2.05, 4.69) is 5.32 Å². The van der Waals surface area contributed by atoms with Crippen molar-refractivity contribution in [3.8, 4) is 5.75 Å². The van der Waals surface area contributed by atoms with Crippen LogP contribution in [0.25, 0.3) is 0 Å². The van der Waals surface area contributed by atoms with Gasteiger partial charge in [0, 0.05) is 11.8 Å². The van der Waals surface area contributed by atoms with Gasteiger partial charge in [-0.25, -0.2) is 0 Å². The fraction of sp³-hybridized carbons (Fsp3) is 0.286. The smallest absolute Gasteiger partial charge is 0.284 e. The molecule has 114 valence electrons. The van der Waals surface area contributed by atoms with Gasteiger partial charge in [0.2, 0.25) is 0 Å². The number of rotatable bonds is 7. The molecular formula is C14H14ClF2NO2S. The van der Waals surface area contributed by atoms with Gasteiger partial charge < -0.3 is 14.5 Å². The molecule has 0 fully saturated rings. The van der Waals surface area contributed by atoms with Crippen LogP contribution in [0.3, 0.4) is 0 Å². The van der Waals surface area contributed by atoms with Crippen LogP contribution in [-0.4, -0.2) is 12.9 Å². The molecule has 3 nitrogen and oxygen atoms in total. The number of anilines is 1. The Morgan fingerprint density at radius 2 is 2.05 bits per heavy atom. The van der Waals surface area contributed by atoms with Gasteiger partial charge in [-0.15, -0.1) is 0 Å². The Balaban J connectivity index is 1.91. The number of furan rings is 1. The monoisotopic (exact) mass is 333 g/mol. The second kappa shape index (κ2) is 7.56. The van der Waals surface area contributed by atoms with E-state index >= 15 is 0 Å². The third-order valence-corrected chi connectivity index (χ3v) is 3.70. The van der Waals surface area contributed by atoms with Crippen LogP contribution in [0.1, 0.15) is 11.5 Å². The average Bonchev–Trinajstić information content (AvgIpc) is 2.92. The summed E-state index contributed by atoms with van der Waals surface area (Å²) in [5.74, 6) is -0.445. The highest BCUT2D eigenvalue weighted by Crippen LogP contribution is 2.28. The number of hydrogen-bond acceptors (Lipinski definition) is 4. The van der Waals surface area contributed by atoms with Gasteiger partial charge in [-0.3, -0.25) is 0 Å². The number of methoxy groups -OCH3 is 1. The van der Waals surface area contributed by atoms with Crippen molar-refractivity contribution in [2.24, 2.45) is 0 Å². The maximum atomic E-state index is 12.1. The quantitative estimate of drug-likeness (QED) is 0.772. The normalized spacial score (nSPS) is 10.9. The third-order valence-electron chi connectivity index (χ3n) is 2.69. The van der Waals surface area contributed by atoms with Gasteiger partial charge in [0.15, 0.2) is 0 Å². The lowest BCUT2D eigenvalue weighted by Crippen LogP contribution is -1.98. The van der Waals surface area contributed by atoms with Crippen molar-refractivity contribution in [3.63, 3.8) is 0 Å². The average molecular weight is 334 g/mol. The van der Waals surface area contributed by atoms with E-state index < -0.39 is 5.76 Å². The summed E-state index contributed by atoms with van der Waals surface area (Å²) in [6.45, 7) is 0.449. The standard InChI is InChI=1S/C14H14ClF2NO2S/c1-19-13-6-9(2-5-12(13)15)18-7-10-3-4-11(20-10)8-21-14(16)17/h2-6,14,18H,7-8H2,1H3. The maximum absolute atomic E-state index is 12.1. The number of ether oxygens (including phenoxy) is 1. The van der Waals surface area contributed by atoms with Crippen LogP contribution in [0.2, 0.25) is 5.02 Å². The third kappa shape index (κ3) is 4.82. The number of benzene rings is 1. The van der Waals surface area contributed by atoms with Crippen LogP contribution in [0.15, 0.2) is 34.7 Å². The van der Waals surface area contributed by atoms with Crippen LogP contribution in [0, 0.1) is 0 Å². The molecule has 1 aromatic carbocycles. The van der Waals surface area contributed by atoms with Crippen LogP contribution >= 0.6 is 23.4 Å². The summed E-state index contributed by atoms with van der Waals surface area (Å²) in [4.78, 5) is 0. The fourth-order valence-electron chi connectivity index (χ4n) is 1.70. The Kier molecular flexibility index (Phi) is 5.76. The van der Waals surface area contributed by atoms with E-state index in [0.717, 1.165) is 5.69 Å². The summed E-state index contributed by atoms with van der Waals surface area (Å²) >= 11 is 6.48. The molecule has 1 N–H and O–H groups in total. The zero-order valence-electron chi connectivity index (χ0n) is 11.2. The van der Waals surface area contributed by atoms with Crippen molar-refractivity contribution in [1.29, 1.82) is 0 Å². The molecule has 0 spiro atoms. The number of alkyl halides is 2. The minimum absolute atomic E-state index is 0.159. The first-order chi connectivity index (χ1) is 10.1. The summed E-state index contributed by atoms with van der Waals surface area (Å²) in [6, 6.07) is 8.80. The Labute approximate surface area is 130 Å². The minimum Gasteiger partial charge on any atom is -0.495 e. The van der Waals surface area contributed by atoms with Crippen molar-refractivity contribution in [1.82, 2.24) is 0 Å². The van der Waals surface area contributed by atoms with Gasteiger partial charge in [0.25, 0.3) is 5.76 Å². The highest BCUT2D eigenvalue weighted by molar-refractivity contribution is 7.98. The molecule has 1 aromatic heterocycles. The molecule has 0 aliphatic rings. The zero-order chi connectivity index (χ0) is 15.2. The predicted molar refractivity (Wildman–Crippen MR) is 81.3 cm³/mol. The summed E-state index contributed by atoms with van der Waals surface area (Å²) in [5, 5.41) is 3.69. The molecule has 7 heteroatoms. The Morgan fingerprint density at radius 1 is 1.29 bits per heavy atom. The lowest BCUT2D eigenvalue weighted by molar-refractivity contribution is 0.251. The van der Waals surface area contributed by atoms with Crippen molar-refractivity contribution >= 4 is 29.1 Å². The fourth-order valence-corrected chi connectivity index (χ4v) is 2.34. The Bertz CT molecular complexity index is 592. The number of nitrogens with one attached hydrogen (secondary N) is 1. The summed E-state index contributed by atoms with van der Waals surface area (Å²) in [7, 11) is 1.55. The molecule has 0 aliphatic carbocycles. The summed E-state index contributed by atoms with van der Waals surface area (Å²) in [6.07, 6.45) is 0. The molecule has 0 saturated heterocycles. The lowest BCUT2D eigenvalue weighted by Gasteiger charge is -2.08. The molecule has 0 amide bonds. The highest BCUT2D eigenvalue weighted by Gasteiger charge is 2.08. The van der Waals surface area contributed by atoms with Gasteiger partial charge in [-0.05, 0) is 24.3 Å². The van der Waals surface area contributed by atoms with Crippen LogP contribution < -0.4 is 10.1 Å².